The van der Waals surface area contributed by atoms with E-state index < -0.39 is 0 Å². The van der Waals surface area contributed by atoms with Crippen molar-refractivity contribution in [1.82, 2.24) is 5.32 Å². The van der Waals surface area contributed by atoms with Crippen LogP contribution in [0.25, 0.3) is 0 Å². The van der Waals surface area contributed by atoms with Crippen molar-refractivity contribution < 1.29 is 0 Å². The molecule has 2 fully saturated rings. The first kappa shape index (κ1) is 11.4. The van der Waals surface area contributed by atoms with Gasteiger partial charge in [0.2, 0.25) is 0 Å². The molecule has 0 bridgehead atoms. The summed E-state index contributed by atoms with van der Waals surface area (Å²) in [7, 11) is 0. The maximum atomic E-state index is 5.70. The highest BCUT2D eigenvalue weighted by Gasteiger charge is 2.45. The molecule has 2 heteroatoms. The van der Waals surface area contributed by atoms with Gasteiger partial charge >= 0.3 is 0 Å². The molecule has 88 valence electrons. The van der Waals surface area contributed by atoms with E-state index in [1.165, 1.54) is 38.6 Å². The van der Waals surface area contributed by atoms with Crippen LogP contribution < -0.4 is 11.1 Å². The maximum Gasteiger partial charge on any atom is 0.0125 e. The molecule has 1 unspecified atom stereocenters. The Bertz CT molecular complexity index is 205. The summed E-state index contributed by atoms with van der Waals surface area (Å²) in [6, 6.07) is 0.796. The van der Waals surface area contributed by atoms with E-state index in [0.717, 1.165) is 24.4 Å². The molecule has 2 saturated carbocycles. The van der Waals surface area contributed by atoms with Gasteiger partial charge in [0.05, 0.1) is 0 Å². The average Bonchev–Trinajstić information content (AvgIpc) is 2.84. The summed E-state index contributed by atoms with van der Waals surface area (Å²) < 4.78 is 0. The Balaban J connectivity index is 1.61. The summed E-state index contributed by atoms with van der Waals surface area (Å²) in [4.78, 5) is 0. The molecule has 0 aliphatic heterocycles. The first-order valence-electron chi connectivity index (χ1n) is 6.55. The first-order valence-corrected chi connectivity index (χ1v) is 6.55. The number of nitrogens with one attached hydrogen (secondary N) is 1. The molecule has 2 aliphatic carbocycles. The number of hydrogen-bond donors (Lipinski definition) is 2. The van der Waals surface area contributed by atoms with Crippen LogP contribution in [0.2, 0.25) is 0 Å². The molecule has 0 saturated heterocycles. The first-order chi connectivity index (χ1) is 7.12. The molecule has 2 aliphatic rings. The minimum Gasteiger partial charge on any atom is -0.330 e. The van der Waals surface area contributed by atoms with E-state index in [9.17, 15) is 0 Å². The predicted octanol–water partition coefficient (Wildman–Crippen LogP) is 2.14. The molecular weight excluding hydrogens is 184 g/mol. The van der Waals surface area contributed by atoms with Crippen LogP contribution in [0.5, 0.6) is 0 Å². The topological polar surface area (TPSA) is 38.0 Å². The normalized spacial score (nSPS) is 39.0. The van der Waals surface area contributed by atoms with Gasteiger partial charge in [0.25, 0.3) is 0 Å². The zero-order valence-corrected chi connectivity index (χ0v) is 10.3. The van der Waals surface area contributed by atoms with Gasteiger partial charge in [0.15, 0.2) is 0 Å². The summed E-state index contributed by atoms with van der Waals surface area (Å²) in [5, 5.41) is 3.72. The monoisotopic (exact) mass is 210 g/mol. The van der Waals surface area contributed by atoms with Crippen LogP contribution in [0.15, 0.2) is 0 Å². The average molecular weight is 210 g/mol. The van der Waals surface area contributed by atoms with Crippen LogP contribution in [0.1, 0.15) is 46.0 Å². The minimum absolute atomic E-state index is 0.578. The summed E-state index contributed by atoms with van der Waals surface area (Å²) >= 11 is 0. The lowest BCUT2D eigenvalue weighted by Gasteiger charge is -2.28. The van der Waals surface area contributed by atoms with Gasteiger partial charge in [-0.3, -0.25) is 0 Å². The summed E-state index contributed by atoms with van der Waals surface area (Å²) in [5.74, 6) is 1.74. The van der Waals surface area contributed by atoms with Crippen LogP contribution in [0.3, 0.4) is 0 Å². The Kier molecular flexibility index (Phi) is 3.36. The molecule has 0 spiro atoms. The van der Waals surface area contributed by atoms with Crippen LogP contribution in [0.4, 0.5) is 0 Å². The van der Waals surface area contributed by atoms with E-state index in [2.05, 4.69) is 19.2 Å². The largest absolute Gasteiger partial charge is 0.330 e. The lowest BCUT2D eigenvalue weighted by molar-refractivity contribution is 0.269. The third-order valence-corrected chi connectivity index (χ3v) is 4.47. The van der Waals surface area contributed by atoms with E-state index in [-0.39, 0.29) is 0 Å². The number of rotatable bonds is 4. The Morgan fingerprint density at radius 3 is 2.13 bits per heavy atom. The lowest BCUT2D eigenvalue weighted by atomic mass is 9.82. The quantitative estimate of drug-likeness (QED) is 0.746. The zero-order chi connectivity index (χ0) is 10.9. The fourth-order valence-electron chi connectivity index (χ4n) is 2.80. The van der Waals surface area contributed by atoms with E-state index in [4.69, 9.17) is 5.73 Å². The molecule has 0 aromatic heterocycles. The van der Waals surface area contributed by atoms with Gasteiger partial charge < -0.3 is 11.1 Å². The van der Waals surface area contributed by atoms with Gasteiger partial charge in [-0.1, -0.05) is 13.8 Å². The highest BCUT2D eigenvalue weighted by atomic mass is 15.0. The van der Waals surface area contributed by atoms with Crippen molar-refractivity contribution in [2.75, 3.05) is 13.1 Å². The van der Waals surface area contributed by atoms with Crippen molar-refractivity contribution in [3.8, 4) is 0 Å². The minimum atomic E-state index is 0.578. The van der Waals surface area contributed by atoms with Gasteiger partial charge in [-0.05, 0) is 62.4 Å². The van der Waals surface area contributed by atoms with Gasteiger partial charge in [-0.15, -0.1) is 0 Å². The molecule has 1 atom stereocenters. The van der Waals surface area contributed by atoms with Gasteiger partial charge in [0.1, 0.15) is 0 Å². The third kappa shape index (κ3) is 2.94. The van der Waals surface area contributed by atoms with Crippen molar-refractivity contribution >= 4 is 0 Å². The van der Waals surface area contributed by atoms with Crippen molar-refractivity contribution in [1.29, 1.82) is 0 Å². The summed E-state index contributed by atoms with van der Waals surface area (Å²) in [5.41, 5.74) is 6.28. The molecular formula is C13H26N2. The molecule has 0 aromatic rings. The smallest absolute Gasteiger partial charge is 0.0125 e. The molecule has 2 nitrogen and oxygen atoms in total. The summed E-state index contributed by atoms with van der Waals surface area (Å²) in [6.45, 7) is 6.85. The third-order valence-electron chi connectivity index (χ3n) is 4.47. The van der Waals surface area contributed by atoms with Crippen molar-refractivity contribution in [2.45, 2.75) is 52.0 Å². The molecule has 0 radical (unpaired) electrons. The second-order valence-corrected chi connectivity index (χ2v) is 6.28. The van der Waals surface area contributed by atoms with Crippen LogP contribution in [0, 0.1) is 17.3 Å². The molecule has 2 rings (SSSR count). The lowest BCUT2D eigenvalue weighted by Crippen LogP contribution is -2.31. The van der Waals surface area contributed by atoms with Gasteiger partial charge in [-0.25, -0.2) is 0 Å². The number of hydrogen-bond acceptors (Lipinski definition) is 2. The van der Waals surface area contributed by atoms with Crippen LogP contribution >= 0.6 is 0 Å². The second-order valence-electron chi connectivity index (χ2n) is 6.28. The highest BCUT2D eigenvalue weighted by molar-refractivity contribution is 5.01. The zero-order valence-electron chi connectivity index (χ0n) is 10.3. The van der Waals surface area contributed by atoms with E-state index in [0.29, 0.717) is 5.41 Å². The van der Waals surface area contributed by atoms with Gasteiger partial charge in [0, 0.05) is 6.04 Å². The summed E-state index contributed by atoms with van der Waals surface area (Å²) in [6.07, 6.45) is 6.86. The molecule has 0 aromatic carbocycles. The highest BCUT2D eigenvalue weighted by Crippen LogP contribution is 2.44. The maximum absolute atomic E-state index is 5.70. The van der Waals surface area contributed by atoms with E-state index >= 15 is 0 Å². The SMILES string of the molecule is CC1(C)CC1NCC1CCC(CN)CC1. The van der Waals surface area contributed by atoms with Crippen molar-refractivity contribution in [3.63, 3.8) is 0 Å². The number of nitrogens with two attached hydrogens (primary N) is 1. The van der Waals surface area contributed by atoms with Crippen molar-refractivity contribution in [3.05, 3.63) is 0 Å². The second kappa shape index (κ2) is 4.42. The predicted molar refractivity (Wildman–Crippen MR) is 64.7 cm³/mol. The molecule has 3 N–H and O–H groups in total. The van der Waals surface area contributed by atoms with E-state index in [1.807, 2.05) is 0 Å². The fraction of sp³-hybridized carbons (Fsp3) is 1.00. The van der Waals surface area contributed by atoms with Gasteiger partial charge in [-0.2, -0.15) is 0 Å². The van der Waals surface area contributed by atoms with Crippen LogP contribution in [-0.2, 0) is 0 Å². The Labute approximate surface area is 94.0 Å². The van der Waals surface area contributed by atoms with Crippen molar-refractivity contribution in [2.24, 2.45) is 23.0 Å². The molecule has 0 amide bonds. The standard InChI is InChI=1S/C13H26N2/c1-13(2)7-12(13)15-9-11-5-3-10(8-14)4-6-11/h10-12,15H,3-9,14H2,1-2H3. The van der Waals surface area contributed by atoms with E-state index in [1.54, 1.807) is 0 Å². The Morgan fingerprint density at radius 1 is 1.13 bits per heavy atom. The molecule has 15 heavy (non-hydrogen) atoms. The molecule has 0 heterocycles. The fourth-order valence-corrected chi connectivity index (χ4v) is 2.80. The Hall–Kier alpha value is -0.0800. The Morgan fingerprint density at radius 2 is 1.67 bits per heavy atom. The van der Waals surface area contributed by atoms with Crippen LogP contribution in [-0.4, -0.2) is 19.1 Å².